The van der Waals surface area contributed by atoms with E-state index in [-0.39, 0.29) is 4.75 Å². The molecule has 0 radical (unpaired) electrons. The predicted octanol–water partition coefficient (Wildman–Crippen LogP) is 5.09. The third-order valence-electron chi connectivity index (χ3n) is 2.90. The van der Waals surface area contributed by atoms with E-state index in [2.05, 4.69) is 71.9 Å². The van der Waals surface area contributed by atoms with Gasteiger partial charge in [-0.2, -0.15) is 0 Å². The summed E-state index contributed by atoms with van der Waals surface area (Å²) in [4.78, 5) is 0. The molecule has 0 aliphatic heterocycles. The Hall–Kier alpha value is -0.160. The second-order valence-corrected chi connectivity index (χ2v) is 6.67. The first-order chi connectivity index (χ1) is 8.83. The van der Waals surface area contributed by atoms with E-state index in [4.69, 9.17) is 0 Å². The minimum absolute atomic E-state index is 0.155. The maximum absolute atomic E-state index is 4.53. The Morgan fingerprint density at radius 2 is 1.22 bits per heavy atom. The van der Waals surface area contributed by atoms with Crippen LogP contribution < -0.4 is 0 Å². The number of hydrogen-bond donors (Lipinski definition) is 2. The molecule has 2 aromatic rings. The highest BCUT2D eigenvalue weighted by Gasteiger charge is 2.33. The third-order valence-corrected chi connectivity index (χ3v) is 5.90. The molecule has 4 heteroatoms. The number of hydrogen-bond acceptors (Lipinski definition) is 4. The van der Waals surface area contributed by atoms with Crippen LogP contribution in [0.2, 0.25) is 0 Å². The minimum Gasteiger partial charge on any atom is -0.111 e. The Morgan fingerprint density at radius 1 is 0.778 bits per heavy atom. The molecule has 0 amide bonds. The first kappa shape index (κ1) is 14.3. The molecular weight excluding hydrogens is 296 g/mol. The molecule has 0 saturated heterocycles. The largest absolute Gasteiger partial charge is 0.111 e. The van der Waals surface area contributed by atoms with Crippen molar-refractivity contribution in [2.45, 2.75) is 4.75 Å². The predicted molar refractivity (Wildman–Crippen MR) is 91.7 cm³/mol. The van der Waals surface area contributed by atoms with Crippen molar-refractivity contribution in [1.82, 2.24) is 0 Å². The summed E-state index contributed by atoms with van der Waals surface area (Å²) >= 11 is 8.87. The first-order valence-corrected chi connectivity index (χ1v) is 9.44. The molecule has 0 heterocycles. The molecule has 0 spiro atoms. The van der Waals surface area contributed by atoms with E-state index in [9.17, 15) is 0 Å². The van der Waals surface area contributed by atoms with Crippen LogP contribution in [0, 0.1) is 0 Å². The van der Waals surface area contributed by atoms with Crippen molar-refractivity contribution in [3.63, 3.8) is 0 Å². The smallest absolute Gasteiger partial charge is 0.0856 e. The van der Waals surface area contributed by atoms with Crippen molar-refractivity contribution in [3.05, 3.63) is 71.8 Å². The molecule has 0 N–H and O–H groups in total. The average Bonchev–Trinajstić information content (AvgIpc) is 2.47. The van der Waals surface area contributed by atoms with Crippen molar-refractivity contribution >= 4 is 44.9 Å². The Bertz CT molecular complexity index is 430. The van der Waals surface area contributed by atoms with E-state index in [0.717, 1.165) is 5.75 Å². The first-order valence-electron chi connectivity index (χ1n) is 5.53. The van der Waals surface area contributed by atoms with E-state index in [1.807, 2.05) is 12.1 Å². The molecule has 0 fully saturated rings. The Balaban J connectivity index is 2.53. The summed E-state index contributed by atoms with van der Waals surface area (Å²) in [5, 5.41) is 0. The van der Waals surface area contributed by atoms with Crippen LogP contribution in [0.15, 0.2) is 60.7 Å². The Kier molecular flexibility index (Phi) is 5.42. The van der Waals surface area contributed by atoms with Gasteiger partial charge in [0, 0.05) is 5.75 Å². The lowest BCUT2D eigenvalue weighted by Gasteiger charge is -2.31. The van der Waals surface area contributed by atoms with Crippen molar-refractivity contribution in [2.75, 3.05) is 5.75 Å². The van der Waals surface area contributed by atoms with Gasteiger partial charge in [-0.1, -0.05) is 82.3 Å². The van der Waals surface area contributed by atoms with Gasteiger partial charge in [-0.05, 0) is 11.1 Å². The molecule has 2 aromatic carbocycles. The van der Waals surface area contributed by atoms with Crippen LogP contribution in [0.4, 0.5) is 0 Å². The van der Waals surface area contributed by atoms with Gasteiger partial charge in [0.25, 0.3) is 0 Å². The van der Waals surface area contributed by atoms with Crippen LogP contribution in [0.25, 0.3) is 0 Å². The number of benzene rings is 2. The van der Waals surface area contributed by atoms with E-state index in [0.29, 0.717) is 0 Å². The molecule has 0 unspecified atom stereocenters. The quantitative estimate of drug-likeness (QED) is 0.583. The molecule has 0 aliphatic carbocycles. The normalized spacial score (nSPS) is 11.4. The molecule has 0 atom stereocenters. The highest BCUT2D eigenvalue weighted by Crippen LogP contribution is 2.47. The van der Waals surface area contributed by atoms with Crippen molar-refractivity contribution in [3.8, 4) is 0 Å². The van der Waals surface area contributed by atoms with Crippen molar-refractivity contribution in [1.29, 1.82) is 0 Å². The monoisotopic (exact) mass is 310 g/mol. The standard InChI is InChI=1S/C14H14S4/c15-17-11-14(18-16,12-7-3-1-4-8-12)13-9-5-2-6-10-13/h1-10,15-16H,11H2. The molecule has 0 saturated carbocycles. The van der Waals surface area contributed by atoms with Crippen LogP contribution in [0.5, 0.6) is 0 Å². The zero-order valence-corrected chi connectivity index (χ0v) is 13.1. The van der Waals surface area contributed by atoms with Gasteiger partial charge in [-0.15, -0.1) is 23.3 Å². The highest BCUT2D eigenvalue weighted by atomic mass is 33.1. The maximum Gasteiger partial charge on any atom is 0.0856 e. The lowest BCUT2D eigenvalue weighted by molar-refractivity contribution is 0.863. The van der Waals surface area contributed by atoms with Crippen molar-refractivity contribution < 1.29 is 0 Å². The number of rotatable bonds is 5. The van der Waals surface area contributed by atoms with Crippen LogP contribution in [0.3, 0.4) is 0 Å². The van der Waals surface area contributed by atoms with E-state index < -0.39 is 0 Å². The van der Waals surface area contributed by atoms with Gasteiger partial charge >= 0.3 is 0 Å². The van der Waals surface area contributed by atoms with Crippen LogP contribution in [-0.2, 0) is 4.75 Å². The lowest BCUT2D eigenvalue weighted by atomic mass is 9.92. The van der Waals surface area contributed by atoms with Gasteiger partial charge in [0.1, 0.15) is 0 Å². The van der Waals surface area contributed by atoms with Crippen LogP contribution in [0.1, 0.15) is 11.1 Å². The molecule has 0 aliphatic rings. The lowest BCUT2D eigenvalue weighted by Crippen LogP contribution is -2.25. The summed E-state index contributed by atoms with van der Waals surface area (Å²) in [7, 11) is 3.12. The molecular formula is C14H14S4. The van der Waals surface area contributed by atoms with Gasteiger partial charge in [0.2, 0.25) is 0 Å². The second kappa shape index (κ2) is 6.85. The molecule has 2 rings (SSSR count). The molecule has 0 nitrogen and oxygen atoms in total. The van der Waals surface area contributed by atoms with E-state index in [1.165, 1.54) is 11.1 Å². The summed E-state index contributed by atoms with van der Waals surface area (Å²) < 4.78 is -0.155. The minimum atomic E-state index is -0.155. The van der Waals surface area contributed by atoms with Gasteiger partial charge in [-0.25, -0.2) is 0 Å². The molecule has 0 bridgehead atoms. The van der Waals surface area contributed by atoms with Gasteiger partial charge in [0.05, 0.1) is 4.75 Å². The summed E-state index contributed by atoms with van der Waals surface area (Å²) in [5.41, 5.74) is 2.52. The SMILES string of the molecule is SSCC(SS)(c1ccccc1)c1ccccc1. The summed E-state index contributed by atoms with van der Waals surface area (Å²) in [5.74, 6) is 0.873. The van der Waals surface area contributed by atoms with Gasteiger partial charge in [0.15, 0.2) is 0 Å². The summed E-state index contributed by atoms with van der Waals surface area (Å²) in [6.45, 7) is 0. The topological polar surface area (TPSA) is 0 Å². The maximum atomic E-state index is 4.53. The van der Waals surface area contributed by atoms with Gasteiger partial charge in [-0.3, -0.25) is 0 Å². The average molecular weight is 311 g/mol. The fraction of sp³-hybridized carbons (Fsp3) is 0.143. The van der Waals surface area contributed by atoms with E-state index in [1.54, 1.807) is 21.6 Å². The van der Waals surface area contributed by atoms with Crippen LogP contribution in [-0.4, -0.2) is 5.75 Å². The Morgan fingerprint density at radius 3 is 1.56 bits per heavy atom. The second-order valence-electron chi connectivity index (χ2n) is 3.92. The zero-order chi connectivity index (χ0) is 12.8. The molecule has 94 valence electrons. The fourth-order valence-electron chi connectivity index (χ4n) is 1.97. The molecule has 0 aromatic heterocycles. The third kappa shape index (κ3) is 2.87. The summed E-state index contributed by atoms with van der Waals surface area (Å²) in [6, 6.07) is 21.0. The Labute approximate surface area is 127 Å². The number of thiol groups is 2. The highest BCUT2D eigenvalue weighted by molar-refractivity contribution is 8.70. The van der Waals surface area contributed by atoms with Crippen molar-refractivity contribution in [2.24, 2.45) is 0 Å². The van der Waals surface area contributed by atoms with E-state index >= 15 is 0 Å². The van der Waals surface area contributed by atoms with Gasteiger partial charge < -0.3 is 0 Å². The zero-order valence-electron chi connectivity index (χ0n) is 9.69. The summed E-state index contributed by atoms with van der Waals surface area (Å²) in [6.07, 6.45) is 0. The van der Waals surface area contributed by atoms with Crippen LogP contribution >= 0.6 is 44.9 Å². The molecule has 18 heavy (non-hydrogen) atoms. The fourth-order valence-corrected chi connectivity index (χ4v) is 5.31.